The number of hydrogen-bond donors (Lipinski definition) is 7. The van der Waals surface area contributed by atoms with Crippen molar-refractivity contribution in [3.8, 4) is 0 Å². The Hall–Kier alpha value is -0.970. The molecule has 13 heteroatoms. The number of aliphatic hydroxyl groups excluding tert-OH is 6. The minimum atomic E-state index is -1.58. The monoisotopic (exact) mass is 592 g/mol. The average molecular weight is 593 g/mol. The summed E-state index contributed by atoms with van der Waals surface area (Å²) in [6, 6.07) is 0. The molecule has 2 saturated heterocycles. The second kappa shape index (κ2) is 14.7. The minimum absolute atomic E-state index is 0.0808. The van der Waals surface area contributed by atoms with Gasteiger partial charge in [0.15, 0.2) is 18.7 Å². The molecule has 4 fully saturated rings. The van der Waals surface area contributed by atoms with E-state index in [0.29, 0.717) is 6.42 Å². The van der Waals surface area contributed by atoms with Gasteiger partial charge in [-0.25, -0.2) is 4.79 Å². The lowest BCUT2D eigenvalue weighted by atomic mass is 9.85. The first kappa shape index (κ1) is 32.9. The maximum atomic E-state index is 12.1. The smallest absolute Gasteiger partial charge is 0.332 e. The lowest BCUT2D eigenvalue weighted by Gasteiger charge is -2.47. The first-order valence-electron chi connectivity index (χ1n) is 15.0. The van der Waals surface area contributed by atoms with Crippen LogP contribution in [0.2, 0.25) is 0 Å². The van der Waals surface area contributed by atoms with Gasteiger partial charge in [0.1, 0.15) is 42.7 Å². The van der Waals surface area contributed by atoms with Crippen LogP contribution in [0.25, 0.3) is 0 Å². The molecule has 4 rings (SSSR count). The molecule has 238 valence electrons. The molecule has 0 aromatic carbocycles. The lowest BCUT2D eigenvalue weighted by Crippen LogP contribution is -2.63. The summed E-state index contributed by atoms with van der Waals surface area (Å²) in [5, 5.41) is 72.6. The highest BCUT2D eigenvalue weighted by Gasteiger charge is 2.50. The standard InChI is InChI=1S/C28H48O13/c1-13-7-6-10-16(24(13)41-27-22(33)21(32)19(30)14(2)37-27)39-28-23(34)25(20(31)18(12-29)40-28)38-17(26(35)36)11-15-8-4-3-5-9-15/h13-25,27-34H,3-12H2,1-2H3,(H,35,36)/t13?,14?,16?,17-,18?,19?,20?,21?,22?,23?,24?,25?,27?,28?/m0/s1. The van der Waals surface area contributed by atoms with E-state index in [4.69, 9.17) is 23.7 Å². The normalized spacial score (nSPS) is 45.3. The van der Waals surface area contributed by atoms with E-state index in [-0.39, 0.29) is 18.3 Å². The quantitative estimate of drug-likeness (QED) is 0.174. The van der Waals surface area contributed by atoms with Gasteiger partial charge in [0, 0.05) is 0 Å². The Labute approximate surface area is 240 Å². The van der Waals surface area contributed by atoms with Crippen molar-refractivity contribution in [2.24, 2.45) is 11.8 Å². The van der Waals surface area contributed by atoms with Gasteiger partial charge in [0.05, 0.1) is 24.9 Å². The van der Waals surface area contributed by atoms with Crippen molar-refractivity contribution in [1.29, 1.82) is 0 Å². The minimum Gasteiger partial charge on any atom is -0.479 e. The van der Waals surface area contributed by atoms with Crippen LogP contribution in [0.5, 0.6) is 0 Å². The van der Waals surface area contributed by atoms with Crippen molar-refractivity contribution in [2.75, 3.05) is 6.61 Å². The van der Waals surface area contributed by atoms with Crippen LogP contribution in [0.15, 0.2) is 0 Å². The summed E-state index contributed by atoms with van der Waals surface area (Å²) in [6.07, 6.45) is -8.71. The van der Waals surface area contributed by atoms with Gasteiger partial charge < -0.3 is 59.4 Å². The Morgan fingerprint density at radius 1 is 0.780 bits per heavy atom. The topological polar surface area (TPSA) is 205 Å². The van der Waals surface area contributed by atoms with Crippen LogP contribution >= 0.6 is 0 Å². The van der Waals surface area contributed by atoms with E-state index < -0.39 is 92.3 Å². The van der Waals surface area contributed by atoms with Crippen LogP contribution < -0.4 is 0 Å². The highest BCUT2D eigenvalue weighted by Crippen LogP contribution is 2.36. The van der Waals surface area contributed by atoms with Crippen molar-refractivity contribution in [2.45, 2.75) is 151 Å². The summed E-state index contributed by atoms with van der Waals surface area (Å²) in [7, 11) is 0. The molecule has 4 aliphatic rings. The molecule has 0 amide bonds. The predicted molar refractivity (Wildman–Crippen MR) is 140 cm³/mol. The van der Waals surface area contributed by atoms with Crippen LogP contribution in [0, 0.1) is 11.8 Å². The molecule has 0 aromatic rings. The van der Waals surface area contributed by atoms with E-state index in [1.165, 1.54) is 0 Å². The Balaban J connectivity index is 1.46. The second-order valence-electron chi connectivity index (χ2n) is 12.2. The van der Waals surface area contributed by atoms with Crippen molar-refractivity contribution >= 4 is 5.97 Å². The molecule has 2 saturated carbocycles. The van der Waals surface area contributed by atoms with Gasteiger partial charge in [-0.3, -0.25) is 0 Å². The predicted octanol–water partition coefficient (Wildman–Crippen LogP) is -0.348. The van der Waals surface area contributed by atoms with Crippen molar-refractivity contribution in [1.82, 2.24) is 0 Å². The van der Waals surface area contributed by atoms with E-state index in [1.807, 2.05) is 6.92 Å². The molecule has 2 aliphatic heterocycles. The highest BCUT2D eigenvalue weighted by molar-refractivity contribution is 5.72. The maximum absolute atomic E-state index is 12.1. The van der Waals surface area contributed by atoms with Crippen LogP contribution in [-0.2, 0) is 28.5 Å². The maximum Gasteiger partial charge on any atom is 0.332 e. The fraction of sp³-hybridized carbons (Fsp3) is 0.964. The molecule has 41 heavy (non-hydrogen) atoms. The third-order valence-electron chi connectivity index (χ3n) is 9.17. The van der Waals surface area contributed by atoms with Gasteiger partial charge in [-0.2, -0.15) is 0 Å². The Morgan fingerprint density at radius 2 is 1.46 bits per heavy atom. The number of carboxylic acid groups (broad SMARTS) is 1. The summed E-state index contributed by atoms with van der Waals surface area (Å²) < 4.78 is 29.5. The molecule has 2 heterocycles. The number of ether oxygens (including phenoxy) is 5. The SMILES string of the molecule is CC1CCCC(OC2OC(CO)C(O)C(O[C@@H](CC3CCCCC3)C(=O)O)C2O)C1OC1OC(C)C(O)C(O)C1O. The summed E-state index contributed by atoms with van der Waals surface area (Å²) >= 11 is 0. The van der Waals surface area contributed by atoms with E-state index in [0.717, 1.165) is 44.9 Å². The van der Waals surface area contributed by atoms with Crippen LogP contribution in [0.1, 0.15) is 71.6 Å². The molecule has 0 bridgehead atoms. The Morgan fingerprint density at radius 3 is 2.12 bits per heavy atom. The van der Waals surface area contributed by atoms with Gasteiger partial charge in [-0.05, 0) is 38.0 Å². The number of hydrogen-bond acceptors (Lipinski definition) is 12. The molecular formula is C28H48O13. The van der Waals surface area contributed by atoms with Crippen molar-refractivity contribution in [3.63, 3.8) is 0 Å². The van der Waals surface area contributed by atoms with E-state index in [9.17, 15) is 40.5 Å². The number of aliphatic carboxylic acids is 1. The van der Waals surface area contributed by atoms with Gasteiger partial charge >= 0.3 is 5.97 Å². The molecule has 0 aromatic heterocycles. The van der Waals surface area contributed by atoms with Gasteiger partial charge in [0.2, 0.25) is 0 Å². The number of rotatable bonds is 10. The van der Waals surface area contributed by atoms with Gasteiger partial charge in [0.25, 0.3) is 0 Å². The summed E-state index contributed by atoms with van der Waals surface area (Å²) in [5.41, 5.74) is 0. The third kappa shape index (κ3) is 7.76. The summed E-state index contributed by atoms with van der Waals surface area (Å²) in [4.78, 5) is 12.1. The van der Waals surface area contributed by atoms with E-state index in [1.54, 1.807) is 6.92 Å². The number of aliphatic hydroxyl groups is 6. The molecule has 2 aliphatic carbocycles. The second-order valence-corrected chi connectivity index (χ2v) is 12.2. The largest absolute Gasteiger partial charge is 0.479 e. The highest BCUT2D eigenvalue weighted by atomic mass is 16.7. The van der Waals surface area contributed by atoms with Gasteiger partial charge in [-0.15, -0.1) is 0 Å². The Bertz CT molecular complexity index is 825. The summed E-state index contributed by atoms with van der Waals surface area (Å²) in [5.74, 6) is -1.11. The first-order valence-corrected chi connectivity index (χ1v) is 15.0. The third-order valence-corrected chi connectivity index (χ3v) is 9.17. The zero-order chi connectivity index (χ0) is 29.8. The van der Waals surface area contributed by atoms with Crippen molar-refractivity contribution in [3.05, 3.63) is 0 Å². The zero-order valence-electron chi connectivity index (χ0n) is 23.8. The fourth-order valence-electron chi connectivity index (χ4n) is 6.61. The number of carboxylic acids is 1. The zero-order valence-corrected chi connectivity index (χ0v) is 23.8. The molecule has 0 spiro atoms. The van der Waals surface area contributed by atoms with E-state index >= 15 is 0 Å². The van der Waals surface area contributed by atoms with Crippen LogP contribution in [0.3, 0.4) is 0 Å². The number of carbonyl (C=O) groups is 1. The molecular weight excluding hydrogens is 544 g/mol. The van der Waals surface area contributed by atoms with E-state index in [2.05, 4.69) is 0 Å². The van der Waals surface area contributed by atoms with Crippen molar-refractivity contribution < 1.29 is 64.2 Å². The van der Waals surface area contributed by atoms with Crippen LogP contribution in [-0.4, -0.2) is 128 Å². The average Bonchev–Trinajstić information content (AvgIpc) is 2.95. The molecule has 7 N–H and O–H groups in total. The lowest BCUT2D eigenvalue weighted by molar-refractivity contribution is -0.348. The molecule has 13 unspecified atom stereocenters. The Kier molecular flexibility index (Phi) is 11.8. The molecule has 0 radical (unpaired) electrons. The van der Waals surface area contributed by atoms with Gasteiger partial charge in [-0.1, -0.05) is 45.4 Å². The molecule has 13 nitrogen and oxygen atoms in total. The van der Waals surface area contributed by atoms with Crippen LogP contribution in [0.4, 0.5) is 0 Å². The molecule has 14 atom stereocenters. The fourth-order valence-corrected chi connectivity index (χ4v) is 6.61. The first-order chi connectivity index (χ1) is 19.5. The summed E-state index contributed by atoms with van der Waals surface area (Å²) in [6.45, 7) is 2.87.